The summed E-state index contributed by atoms with van der Waals surface area (Å²) >= 11 is 0. The van der Waals surface area contributed by atoms with Crippen molar-refractivity contribution >= 4 is 0 Å². The second-order valence-electron chi connectivity index (χ2n) is 2.38. The van der Waals surface area contributed by atoms with E-state index in [2.05, 4.69) is 10.1 Å². The van der Waals surface area contributed by atoms with Crippen LogP contribution in [0.2, 0.25) is 0 Å². The van der Waals surface area contributed by atoms with Crippen molar-refractivity contribution < 1.29 is 0 Å². The molecule has 0 spiro atoms. The highest BCUT2D eigenvalue weighted by Gasteiger charge is 2.01. The van der Waals surface area contributed by atoms with Gasteiger partial charge < -0.3 is 0 Å². The fraction of sp³-hybridized carbons (Fsp3) is 0.250. The summed E-state index contributed by atoms with van der Waals surface area (Å²) in [7, 11) is 0. The van der Waals surface area contributed by atoms with E-state index in [4.69, 9.17) is 0 Å². The summed E-state index contributed by atoms with van der Waals surface area (Å²) in [5.74, 6) is 0.311. The van der Waals surface area contributed by atoms with Gasteiger partial charge in [-0.25, -0.2) is 0 Å². The molecule has 3 heteroatoms. The lowest BCUT2D eigenvalue weighted by atomic mass is 10.1. The van der Waals surface area contributed by atoms with E-state index in [1.54, 1.807) is 6.08 Å². The summed E-state index contributed by atoms with van der Waals surface area (Å²) in [5.41, 5.74) is 0.623. The van der Waals surface area contributed by atoms with E-state index >= 15 is 0 Å². The molecule has 0 heterocycles. The first-order valence-corrected chi connectivity index (χ1v) is 3.43. The lowest BCUT2D eigenvalue weighted by Crippen LogP contribution is -1.82. The Bertz CT molecular complexity index is 270. The van der Waals surface area contributed by atoms with Crippen LogP contribution in [0.3, 0.4) is 0 Å². The number of hydrogen-bond donors (Lipinski definition) is 0. The van der Waals surface area contributed by atoms with Gasteiger partial charge in [-0.3, -0.25) is 0 Å². The Labute approximate surface area is 64.8 Å². The highest BCUT2D eigenvalue weighted by molar-refractivity contribution is 5.26. The second-order valence-corrected chi connectivity index (χ2v) is 2.38. The molecule has 0 fully saturated rings. The first kappa shape index (κ1) is 7.63. The predicted molar refractivity (Wildman–Crippen MR) is 43.5 cm³/mol. The van der Waals surface area contributed by atoms with Crippen molar-refractivity contribution in [1.82, 2.24) is 4.97 Å². The molecule has 0 N–H and O–H groups in total. The number of nitroso groups, excluding NO2 is 1. The first-order chi connectivity index (χ1) is 5.33. The maximum Gasteiger partial charge on any atom is 0.393 e. The van der Waals surface area contributed by atoms with E-state index < -0.39 is 0 Å². The zero-order chi connectivity index (χ0) is 8.10. The van der Waals surface area contributed by atoms with E-state index in [1.807, 2.05) is 31.2 Å². The number of nitrogens with zero attached hydrogens (tertiary/aromatic N) is 2. The van der Waals surface area contributed by atoms with Crippen LogP contribution in [0.15, 0.2) is 41.2 Å². The molecule has 0 amide bonds. The van der Waals surface area contributed by atoms with E-state index in [9.17, 15) is 4.91 Å². The smallest absolute Gasteiger partial charge is 0.0778 e. The fourth-order valence-electron chi connectivity index (χ4n) is 0.888. The van der Waals surface area contributed by atoms with Gasteiger partial charge in [0.05, 0.1) is 0 Å². The average Bonchev–Trinajstić information content (AvgIpc) is 2.15. The number of hydrogen-bond acceptors (Lipinski definition) is 2. The molecule has 0 saturated carbocycles. The molecular formula is C8H9N2O+. The van der Waals surface area contributed by atoms with Gasteiger partial charge in [-0.2, -0.15) is 0 Å². The molecule has 1 aliphatic carbocycles. The Morgan fingerprint density at radius 1 is 1.55 bits per heavy atom. The van der Waals surface area contributed by atoms with Crippen LogP contribution in [-0.2, 0) is 0 Å². The molecule has 1 rings (SSSR count). The van der Waals surface area contributed by atoms with Crippen LogP contribution < -0.4 is 4.97 Å². The van der Waals surface area contributed by atoms with Gasteiger partial charge in [0.1, 0.15) is 0 Å². The monoisotopic (exact) mass is 149 g/mol. The summed E-state index contributed by atoms with van der Waals surface area (Å²) in [4.78, 5) is 12.2. The normalized spacial score (nSPS) is 21.9. The molecule has 3 nitrogen and oxygen atoms in total. The Hall–Kier alpha value is -1.47. The van der Waals surface area contributed by atoms with Crippen LogP contribution in [-0.4, -0.2) is 0 Å². The molecule has 0 radical (unpaired) electrons. The van der Waals surface area contributed by atoms with Crippen molar-refractivity contribution in [3.05, 3.63) is 41.0 Å². The molecule has 1 aliphatic rings. The van der Waals surface area contributed by atoms with E-state index in [-0.39, 0.29) is 0 Å². The van der Waals surface area contributed by atoms with Crippen LogP contribution in [0.1, 0.15) is 6.92 Å². The van der Waals surface area contributed by atoms with Crippen LogP contribution in [0.4, 0.5) is 0 Å². The highest BCUT2D eigenvalue weighted by atomic mass is 16.3. The predicted octanol–water partition coefficient (Wildman–Crippen LogP) is 1.92. The van der Waals surface area contributed by atoms with Crippen LogP contribution >= 0.6 is 0 Å². The van der Waals surface area contributed by atoms with Crippen molar-refractivity contribution in [3.63, 3.8) is 0 Å². The van der Waals surface area contributed by atoms with Gasteiger partial charge in [0.2, 0.25) is 0 Å². The zero-order valence-corrected chi connectivity index (χ0v) is 6.27. The average molecular weight is 149 g/mol. The summed E-state index contributed by atoms with van der Waals surface area (Å²) in [6.07, 6.45) is 9.41. The summed E-state index contributed by atoms with van der Waals surface area (Å²) in [6.45, 7) is 2.02. The quantitative estimate of drug-likeness (QED) is 0.415. The van der Waals surface area contributed by atoms with E-state index in [1.165, 1.54) is 0 Å². The molecule has 56 valence electrons. The van der Waals surface area contributed by atoms with Gasteiger partial charge in [0, 0.05) is 0 Å². The molecule has 11 heavy (non-hydrogen) atoms. The van der Waals surface area contributed by atoms with Crippen molar-refractivity contribution in [2.45, 2.75) is 6.92 Å². The van der Waals surface area contributed by atoms with Crippen molar-refractivity contribution in [1.29, 1.82) is 0 Å². The van der Waals surface area contributed by atoms with Crippen LogP contribution in [0, 0.1) is 10.8 Å². The molecule has 0 saturated heterocycles. The third-order valence-electron chi connectivity index (χ3n) is 1.38. The maximum atomic E-state index is 9.78. The topological polar surface area (TPSA) is 43.5 Å². The summed E-state index contributed by atoms with van der Waals surface area (Å²) in [6, 6.07) is 0. The molecule has 0 aliphatic heterocycles. The lowest BCUT2D eigenvalue weighted by molar-refractivity contribution is 0.924. The zero-order valence-electron chi connectivity index (χ0n) is 6.27. The highest BCUT2D eigenvalue weighted by Crippen LogP contribution is 2.10. The van der Waals surface area contributed by atoms with Gasteiger partial charge >= 0.3 is 4.97 Å². The van der Waals surface area contributed by atoms with Crippen LogP contribution in [0.5, 0.6) is 0 Å². The minimum atomic E-state index is 0.311. The van der Waals surface area contributed by atoms with Crippen LogP contribution in [0.25, 0.3) is 0 Å². The molecule has 0 aromatic rings. The molecule has 0 aromatic heterocycles. The first-order valence-electron chi connectivity index (χ1n) is 3.43. The Kier molecular flexibility index (Phi) is 2.53. The second kappa shape index (κ2) is 3.64. The van der Waals surface area contributed by atoms with Gasteiger partial charge in [-0.05, 0) is 18.1 Å². The van der Waals surface area contributed by atoms with Gasteiger partial charge in [-0.15, -0.1) is 0 Å². The van der Waals surface area contributed by atoms with Gasteiger partial charge in [0.25, 0.3) is 0 Å². The molecular weight excluding hydrogens is 140 g/mol. The number of rotatable bonds is 1. The Morgan fingerprint density at radius 2 is 2.36 bits per heavy atom. The summed E-state index contributed by atoms with van der Waals surface area (Å²) < 4.78 is 0. The standard InChI is InChI=1S/C8H9N2O/c1-7-4-2-3-5-8(6-7)9-10-11/h2-7H,1H3/q+1. The Balaban J connectivity index is 2.87. The lowest BCUT2D eigenvalue weighted by Gasteiger charge is -1.91. The van der Waals surface area contributed by atoms with Gasteiger partial charge in [0.15, 0.2) is 15.7 Å². The van der Waals surface area contributed by atoms with Crippen molar-refractivity contribution in [2.75, 3.05) is 0 Å². The molecule has 0 bridgehead atoms. The third-order valence-corrected chi connectivity index (χ3v) is 1.38. The largest absolute Gasteiger partial charge is 0.393 e. The molecule has 1 atom stereocenters. The van der Waals surface area contributed by atoms with Gasteiger partial charge in [-0.1, -0.05) is 25.2 Å². The van der Waals surface area contributed by atoms with E-state index in [0.29, 0.717) is 11.6 Å². The SMILES string of the molecule is CC1C=CC=CC(N=[N+]=O)=C1. The Morgan fingerprint density at radius 3 is 3.09 bits per heavy atom. The molecule has 1 unspecified atom stereocenters. The van der Waals surface area contributed by atoms with Crippen molar-refractivity contribution in [2.24, 2.45) is 11.0 Å². The molecule has 0 aromatic carbocycles. The summed E-state index contributed by atoms with van der Waals surface area (Å²) in [5, 5.41) is 3.40. The minimum Gasteiger partial charge on any atom is -0.0778 e. The minimum absolute atomic E-state index is 0.311. The van der Waals surface area contributed by atoms with E-state index in [0.717, 1.165) is 0 Å². The van der Waals surface area contributed by atoms with Crippen molar-refractivity contribution in [3.8, 4) is 0 Å². The third kappa shape index (κ3) is 2.32. The number of allylic oxidation sites excluding steroid dienone is 5. The fourth-order valence-corrected chi connectivity index (χ4v) is 0.888. The maximum absolute atomic E-state index is 9.78.